The number of carbonyl (C=O) groups excluding carboxylic acids is 2. The quantitative estimate of drug-likeness (QED) is 0.824. The van der Waals surface area contributed by atoms with E-state index >= 15 is 0 Å². The van der Waals surface area contributed by atoms with Gasteiger partial charge in [0.1, 0.15) is 5.54 Å². The summed E-state index contributed by atoms with van der Waals surface area (Å²) in [5.41, 5.74) is 0.397. The number of urea groups is 1. The lowest BCUT2D eigenvalue weighted by atomic mass is 9.92. The number of hydrogen-bond donors (Lipinski definition) is 2. The molecule has 1 aromatic carbocycles. The molecule has 134 valence electrons. The highest BCUT2D eigenvalue weighted by molar-refractivity contribution is 6.07. The van der Waals surface area contributed by atoms with E-state index in [2.05, 4.69) is 16.7 Å². The molecule has 25 heavy (non-hydrogen) atoms. The van der Waals surface area contributed by atoms with E-state index in [1.807, 2.05) is 12.1 Å². The van der Waals surface area contributed by atoms with Crippen LogP contribution in [0.2, 0.25) is 0 Å². The van der Waals surface area contributed by atoms with E-state index in [0.29, 0.717) is 12.8 Å². The molecule has 1 saturated heterocycles. The predicted octanol–water partition coefficient (Wildman–Crippen LogP) is 2.86. The van der Waals surface area contributed by atoms with Crippen LogP contribution in [0.3, 0.4) is 0 Å². The van der Waals surface area contributed by atoms with Crippen LogP contribution in [0.1, 0.15) is 56.4 Å². The van der Waals surface area contributed by atoms with E-state index in [-0.39, 0.29) is 24.0 Å². The van der Waals surface area contributed by atoms with Crippen molar-refractivity contribution < 1.29 is 19.1 Å². The molecule has 3 aliphatic rings. The molecule has 1 spiro atoms. The summed E-state index contributed by atoms with van der Waals surface area (Å²) < 4.78 is 11.6. The number of ether oxygens (including phenoxy) is 2. The Labute approximate surface area is 147 Å². The van der Waals surface area contributed by atoms with Crippen LogP contribution in [0, 0.1) is 0 Å². The van der Waals surface area contributed by atoms with Crippen LogP contribution in [-0.2, 0) is 4.79 Å². The molecule has 1 aromatic rings. The Morgan fingerprint density at radius 3 is 2.60 bits per heavy atom. The lowest BCUT2D eigenvalue weighted by Gasteiger charge is -2.21. The number of rotatable bonds is 4. The fourth-order valence-electron chi connectivity index (χ4n) is 4.40. The Hall–Kier alpha value is -2.24. The standard InChI is InChI=1S/C19H24N2O4/c1-24-15-7-6-12(10-16(15)25-14-4-2-3-5-14)13-8-9-19(11-13)17(22)20-18(23)21-19/h6-7,10,13-14H,2-5,8-9,11H2,1H3,(H2,20,21,22,23). The zero-order valence-electron chi connectivity index (χ0n) is 14.5. The number of hydrogen-bond acceptors (Lipinski definition) is 4. The largest absolute Gasteiger partial charge is 0.493 e. The fourth-order valence-corrected chi connectivity index (χ4v) is 4.40. The van der Waals surface area contributed by atoms with Crippen molar-refractivity contribution in [2.45, 2.75) is 62.5 Å². The van der Waals surface area contributed by atoms with E-state index in [0.717, 1.165) is 36.3 Å². The Balaban J connectivity index is 1.54. The molecule has 0 bridgehead atoms. The lowest BCUT2D eigenvalue weighted by molar-refractivity contribution is -0.123. The van der Waals surface area contributed by atoms with Crippen molar-refractivity contribution in [2.24, 2.45) is 0 Å². The maximum absolute atomic E-state index is 12.1. The van der Waals surface area contributed by atoms with Gasteiger partial charge < -0.3 is 14.8 Å². The van der Waals surface area contributed by atoms with Gasteiger partial charge in [-0.15, -0.1) is 0 Å². The lowest BCUT2D eigenvalue weighted by Crippen LogP contribution is -2.44. The van der Waals surface area contributed by atoms with Crippen molar-refractivity contribution in [3.8, 4) is 11.5 Å². The van der Waals surface area contributed by atoms with Crippen LogP contribution in [-0.4, -0.2) is 30.7 Å². The Morgan fingerprint density at radius 1 is 1.12 bits per heavy atom. The maximum atomic E-state index is 12.1. The van der Waals surface area contributed by atoms with Crippen molar-refractivity contribution in [1.29, 1.82) is 0 Å². The van der Waals surface area contributed by atoms with Crippen LogP contribution in [0.4, 0.5) is 4.79 Å². The predicted molar refractivity (Wildman–Crippen MR) is 91.9 cm³/mol. The summed E-state index contributed by atoms with van der Waals surface area (Å²) in [5, 5.41) is 5.18. The number of benzene rings is 1. The van der Waals surface area contributed by atoms with E-state index < -0.39 is 5.54 Å². The van der Waals surface area contributed by atoms with Crippen molar-refractivity contribution in [3.63, 3.8) is 0 Å². The molecule has 0 radical (unpaired) electrons. The molecule has 4 rings (SSSR count). The van der Waals surface area contributed by atoms with Gasteiger partial charge >= 0.3 is 6.03 Å². The van der Waals surface area contributed by atoms with Crippen molar-refractivity contribution in [3.05, 3.63) is 23.8 Å². The van der Waals surface area contributed by atoms with Gasteiger partial charge in [-0.05, 0) is 68.6 Å². The second-order valence-corrected chi connectivity index (χ2v) is 7.36. The highest BCUT2D eigenvalue weighted by Gasteiger charge is 2.51. The number of nitrogens with one attached hydrogen (secondary N) is 2. The summed E-state index contributed by atoms with van der Waals surface area (Å²) in [5.74, 6) is 1.56. The number of amides is 3. The zero-order chi connectivity index (χ0) is 17.4. The highest BCUT2D eigenvalue weighted by Crippen LogP contribution is 2.44. The first-order chi connectivity index (χ1) is 12.1. The molecule has 2 unspecified atom stereocenters. The second-order valence-electron chi connectivity index (χ2n) is 7.36. The topological polar surface area (TPSA) is 76.7 Å². The minimum atomic E-state index is -0.742. The monoisotopic (exact) mass is 344 g/mol. The van der Waals surface area contributed by atoms with E-state index in [1.165, 1.54) is 12.8 Å². The molecule has 0 aromatic heterocycles. The third-order valence-corrected chi connectivity index (χ3v) is 5.78. The fraction of sp³-hybridized carbons (Fsp3) is 0.579. The summed E-state index contributed by atoms with van der Waals surface area (Å²) in [6.07, 6.45) is 7.03. The molecule has 1 aliphatic heterocycles. The molecular weight excluding hydrogens is 320 g/mol. The van der Waals surface area contributed by atoms with Crippen molar-refractivity contribution in [1.82, 2.24) is 10.6 Å². The molecule has 2 aliphatic carbocycles. The van der Waals surface area contributed by atoms with Gasteiger partial charge in [-0.3, -0.25) is 10.1 Å². The van der Waals surface area contributed by atoms with Crippen molar-refractivity contribution >= 4 is 11.9 Å². The smallest absolute Gasteiger partial charge is 0.322 e. The molecule has 3 amide bonds. The van der Waals surface area contributed by atoms with Gasteiger partial charge in [0, 0.05) is 0 Å². The molecule has 1 heterocycles. The SMILES string of the molecule is COc1ccc(C2CCC3(C2)NC(=O)NC3=O)cc1OC1CCCC1. The molecular formula is C19H24N2O4. The molecule has 2 N–H and O–H groups in total. The van der Waals surface area contributed by atoms with Crippen LogP contribution < -0.4 is 20.1 Å². The zero-order valence-corrected chi connectivity index (χ0v) is 14.5. The first-order valence-corrected chi connectivity index (χ1v) is 9.08. The van der Waals surface area contributed by atoms with E-state index in [4.69, 9.17) is 9.47 Å². The third kappa shape index (κ3) is 2.94. The van der Waals surface area contributed by atoms with E-state index in [1.54, 1.807) is 7.11 Å². The number of carbonyl (C=O) groups is 2. The van der Waals surface area contributed by atoms with Gasteiger partial charge in [0.25, 0.3) is 5.91 Å². The summed E-state index contributed by atoms with van der Waals surface area (Å²) in [4.78, 5) is 23.7. The Kier molecular flexibility index (Phi) is 4.06. The minimum Gasteiger partial charge on any atom is -0.493 e. The first-order valence-electron chi connectivity index (χ1n) is 9.08. The van der Waals surface area contributed by atoms with Crippen LogP contribution >= 0.6 is 0 Å². The van der Waals surface area contributed by atoms with Crippen LogP contribution in [0.25, 0.3) is 0 Å². The number of imide groups is 1. The maximum Gasteiger partial charge on any atom is 0.322 e. The third-order valence-electron chi connectivity index (χ3n) is 5.78. The molecule has 3 fully saturated rings. The summed E-state index contributed by atoms with van der Waals surface area (Å²) in [6.45, 7) is 0. The van der Waals surface area contributed by atoms with Crippen LogP contribution in [0.5, 0.6) is 11.5 Å². The van der Waals surface area contributed by atoms with Gasteiger partial charge in [-0.1, -0.05) is 6.07 Å². The van der Waals surface area contributed by atoms with E-state index in [9.17, 15) is 9.59 Å². The van der Waals surface area contributed by atoms with Crippen molar-refractivity contribution in [2.75, 3.05) is 7.11 Å². The molecule has 2 saturated carbocycles. The Morgan fingerprint density at radius 2 is 1.92 bits per heavy atom. The van der Waals surface area contributed by atoms with Gasteiger partial charge in [-0.25, -0.2) is 4.79 Å². The molecule has 2 atom stereocenters. The normalized spacial score (nSPS) is 29.1. The molecule has 6 nitrogen and oxygen atoms in total. The first kappa shape index (κ1) is 16.2. The second kappa shape index (κ2) is 6.24. The summed E-state index contributed by atoms with van der Waals surface area (Å²) >= 11 is 0. The Bertz CT molecular complexity index is 699. The molecule has 6 heteroatoms. The summed E-state index contributed by atoms with van der Waals surface area (Å²) in [7, 11) is 1.65. The van der Waals surface area contributed by atoms with Gasteiger partial charge in [0.15, 0.2) is 11.5 Å². The number of methoxy groups -OCH3 is 1. The highest BCUT2D eigenvalue weighted by atomic mass is 16.5. The van der Waals surface area contributed by atoms with Crippen LogP contribution in [0.15, 0.2) is 18.2 Å². The summed E-state index contributed by atoms with van der Waals surface area (Å²) in [6, 6.07) is 5.65. The van der Waals surface area contributed by atoms with Gasteiger partial charge in [-0.2, -0.15) is 0 Å². The minimum absolute atomic E-state index is 0.198. The van der Waals surface area contributed by atoms with Gasteiger partial charge in [0.2, 0.25) is 0 Å². The average molecular weight is 344 g/mol. The van der Waals surface area contributed by atoms with Gasteiger partial charge in [0.05, 0.1) is 13.2 Å². The average Bonchev–Trinajstić information content (AvgIpc) is 3.30.